The predicted molar refractivity (Wildman–Crippen MR) is 40.7 cm³/mol. The summed E-state index contributed by atoms with van der Waals surface area (Å²) in [6.45, 7) is 1.90. The summed E-state index contributed by atoms with van der Waals surface area (Å²) >= 11 is 5.00. The van der Waals surface area contributed by atoms with E-state index in [1.165, 1.54) is 0 Å². The molecule has 0 aliphatic carbocycles. The Morgan fingerprint density at radius 2 is 2.55 bits per heavy atom. The summed E-state index contributed by atoms with van der Waals surface area (Å²) in [5.41, 5.74) is -0.726. The Morgan fingerprint density at radius 3 is 3.09 bits per heavy atom. The Labute approximate surface area is 70.6 Å². The highest BCUT2D eigenvalue weighted by molar-refractivity contribution is 6.61. The van der Waals surface area contributed by atoms with Gasteiger partial charge in [0.25, 0.3) is 0 Å². The molecule has 1 heterocycles. The first-order valence-electron chi connectivity index (χ1n) is 3.69. The smallest absolute Gasteiger partial charge is 0.403 e. The molecule has 0 radical (unpaired) electrons. The molecule has 1 aliphatic rings. The lowest BCUT2D eigenvalue weighted by Gasteiger charge is -2.20. The number of carbonyl (C=O) groups is 1. The van der Waals surface area contributed by atoms with Crippen LogP contribution < -0.4 is 0 Å². The Hall–Kier alpha value is -0.280. The molecule has 1 unspecified atom stereocenters. The molecule has 64 valence electrons. The van der Waals surface area contributed by atoms with Gasteiger partial charge in [0.05, 0.1) is 13.2 Å². The molecular formula is C7H11ClO3. The molecule has 0 N–H and O–H groups in total. The third-order valence-corrected chi connectivity index (χ3v) is 1.80. The molecule has 0 aromatic heterocycles. The van der Waals surface area contributed by atoms with Gasteiger partial charge in [0.1, 0.15) is 0 Å². The topological polar surface area (TPSA) is 35.5 Å². The van der Waals surface area contributed by atoms with Crippen LogP contribution in [0.5, 0.6) is 0 Å². The first-order chi connectivity index (χ1) is 5.29. The summed E-state index contributed by atoms with van der Waals surface area (Å²) in [6.07, 6.45) is 2.11. The summed E-state index contributed by atoms with van der Waals surface area (Å²) < 4.78 is 9.81. The first kappa shape index (κ1) is 8.81. The number of rotatable bonds is 2. The van der Waals surface area contributed by atoms with Gasteiger partial charge in [0.15, 0.2) is 0 Å². The van der Waals surface area contributed by atoms with Crippen molar-refractivity contribution >= 4 is 17.0 Å². The van der Waals surface area contributed by atoms with Gasteiger partial charge in [-0.2, -0.15) is 0 Å². The van der Waals surface area contributed by atoms with E-state index in [0.717, 1.165) is 19.4 Å². The maximum atomic E-state index is 10.2. The van der Waals surface area contributed by atoms with Gasteiger partial charge in [-0.3, -0.25) is 0 Å². The molecule has 0 saturated carbocycles. The summed E-state index contributed by atoms with van der Waals surface area (Å²) in [5.74, 6) is 0.339. The van der Waals surface area contributed by atoms with Crippen molar-refractivity contribution in [2.75, 3.05) is 19.8 Å². The minimum atomic E-state index is -0.726. The van der Waals surface area contributed by atoms with Crippen molar-refractivity contribution in [3.63, 3.8) is 0 Å². The van der Waals surface area contributed by atoms with Crippen LogP contribution in [-0.2, 0) is 9.47 Å². The number of hydrogen-bond donors (Lipinski definition) is 0. The molecular weight excluding hydrogens is 168 g/mol. The molecule has 1 aliphatic heterocycles. The Balaban J connectivity index is 2.09. The molecule has 4 heteroatoms. The minimum absolute atomic E-state index is 0.339. The van der Waals surface area contributed by atoms with E-state index >= 15 is 0 Å². The maximum Gasteiger partial charge on any atom is 0.403 e. The van der Waals surface area contributed by atoms with Crippen molar-refractivity contribution in [1.29, 1.82) is 0 Å². The first-order valence-corrected chi connectivity index (χ1v) is 4.07. The summed E-state index contributed by atoms with van der Waals surface area (Å²) in [6, 6.07) is 0. The van der Waals surface area contributed by atoms with Crippen LogP contribution in [0.3, 0.4) is 0 Å². The second kappa shape index (κ2) is 4.57. The largest absolute Gasteiger partial charge is 0.453 e. The third-order valence-electron chi connectivity index (χ3n) is 1.69. The quantitative estimate of drug-likeness (QED) is 0.605. The normalized spacial score (nSPS) is 24.6. The van der Waals surface area contributed by atoms with Crippen LogP contribution in [0, 0.1) is 5.92 Å². The minimum Gasteiger partial charge on any atom is -0.453 e. The molecule has 11 heavy (non-hydrogen) atoms. The van der Waals surface area contributed by atoms with E-state index in [-0.39, 0.29) is 0 Å². The van der Waals surface area contributed by atoms with Gasteiger partial charge in [-0.25, -0.2) is 4.79 Å². The number of halogens is 1. The van der Waals surface area contributed by atoms with Gasteiger partial charge in [-0.15, -0.1) is 0 Å². The van der Waals surface area contributed by atoms with Crippen LogP contribution in [0.1, 0.15) is 12.8 Å². The lowest BCUT2D eigenvalue weighted by Crippen LogP contribution is -2.22. The third kappa shape index (κ3) is 3.58. The molecule has 0 bridgehead atoms. The van der Waals surface area contributed by atoms with Crippen LogP contribution in [0.25, 0.3) is 0 Å². The van der Waals surface area contributed by atoms with Crippen LogP contribution in [0.15, 0.2) is 0 Å². The highest BCUT2D eigenvalue weighted by Crippen LogP contribution is 2.13. The van der Waals surface area contributed by atoms with Crippen molar-refractivity contribution in [3.8, 4) is 0 Å². The highest BCUT2D eigenvalue weighted by atomic mass is 35.5. The monoisotopic (exact) mass is 178 g/mol. The van der Waals surface area contributed by atoms with Crippen LogP contribution in [0.2, 0.25) is 0 Å². The standard InChI is InChI=1S/C7H11ClO3/c8-7(9)11-5-6-2-1-3-10-4-6/h6H,1-5H2. The molecule has 1 saturated heterocycles. The number of ether oxygens (including phenoxy) is 2. The van der Waals surface area contributed by atoms with Crippen LogP contribution in [-0.4, -0.2) is 25.2 Å². The molecule has 1 fully saturated rings. The van der Waals surface area contributed by atoms with Crippen LogP contribution >= 0.6 is 11.6 Å². The maximum absolute atomic E-state index is 10.2. The molecule has 0 aromatic carbocycles. The average Bonchev–Trinajstić information content (AvgIpc) is 2.03. The summed E-state index contributed by atoms with van der Waals surface area (Å²) in [4.78, 5) is 10.2. The SMILES string of the molecule is O=C(Cl)OCC1CCCOC1. The lowest BCUT2D eigenvalue weighted by molar-refractivity contribution is 0.0277. The van der Waals surface area contributed by atoms with Gasteiger partial charge in [-0.05, 0) is 12.8 Å². The predicted octanol–water partition coefficient (Wildman–Crippen LogP) is 1.79. The van der Waals surface area contributed by atoms with Gasteiger partial charge in [0.2, 0.25) is 0 Å². The second-order valence-corrected chi connectivity index (χ2v) is 2.94. The van der Waals surface area contributed by atoms with Crippen molar-refractivity contribution < 1.29 is 14.3 Å². The van der Waals surface area contributed by atoms with E-state index in [1.54, 1.807) is 0 Å². The Kier molecular flexibility index (Phi) is 3.66. The van der Waals surface area contributed by atoms with E-state index in [4.69, 9.17) is 16.3 Å². The summed E-state index contributed by atoms with van der Waals surface area (Å²) in [5, 5.41) is 0. The summed E-state index contributed by atoms with van der Waals surface area (Å²) in [7, 11) is 0. The van der Waals surface area contributed by atoms with Crippen molar-refractivity contribution in [1.82, 2.24) is 0 Å². The van der Waals surface area contributed by atoms with E-state index in [9.17, 15) is 4.79 Å². The van der Waals surface area contributed by atoms with Gasteiger partial charge >= 0.3 is 5.43 Å². The average molecular weight is 179 g/mol. The molecule has 1 atom stereocenters. The zero-order valence-corrected chi connectivity index (χ0v) is 6.97. The Morgan fingerprint density at radius 1 is 1.73 bits per heavy atom. The second-order valence-electron chi connectivity index (χ2n) is 2.63. The van der Waals surface area contributed by atoms with Crippen molar-refractivity contribution in [2.45, 2.75) is 12.8 Å². The Bertz CT molecular complexity index is 132. The van der Waals surface area contributed by atoms with Crippen LogP contribution in [0.4, 0.5) is 4.79 Å². The lowest BCUT2D eigenvalue weighted by atomic mass is 10.0. The molecule has 0 spiro atoms. The fourth-order valence-corrected chi connectivity index (χ4v) is 1.19. The van der Waals surface area contributed by atoms with Gasteiger partial charge < -0.3 is 9.47 Å². The van der Waals surface area contributed by atoms with E-state index in [2.05, 4.69) is 4.74 Å². The molecule has 3 nitrogen and oxygen atoms in total. The molecule has 0 amide bonds. The van der Waals surface area contributed by atoms with Crippen molar-refractivity contribution in [2.24, 2.45) is 5.92 Å². The zero-order valence-electron chi connectivity index (χ0n) is 6.22. The van der Waals surface area contributed by atoms with E-state index in [0.29, 0.717) is 19.1 Å². The fraction of sp³-hybridized carbons (Fsp3) is 0.857. The van der Waals surface area contributed by atoms with E-state index in [1.807, 2.05) is 0 Å². The number of hydrogen-bond acceptors (Lipinski definition) is 3. The zero-order chi connectivity index (χ0) is 8.10. The molecule has 1 rings (SSSR count). The highest BCUT2D eigenvalue weighted by Gasteiger charge is 2.14. The number of carbonyl (C=O) groups excluding carboxylic acids is 1. The fourth-order valence-electron chi connectivity index (χ4n) is 1.12. The van der Waals surface area contributed by atoms with Gasteiger partial charge in [-0.1, -0.05) is 0 Å². The van der Waals surface area contributed by atoms with E-state index < -0.39 is 5.43 Å². The molecule has 0 aromatic rings. The van der Waals surface area contributed by atoms with Gasteiger partial charge in [0, 0.05) is 24.1 Å². The van der Waals surface area contributed by atoms with Crippen molar-refractivity contribution in [3.05, 3.63) is 0 Å².